The first kappa shape index (κ1) is 29.4. The summed E-state index contributed by atoms with van der Waals surface area (Å²) in [6.45, 7) is 5.37. The Morgan fingerprint density at radius 2 is 1.66 bits per heavy atom. The average Bonchev–Trinajstić information content (AvgIpc) is 2.94. The van der Waals surface area contributed by atoms with E-state index in [9.17, 15) is 9.59 Å². The maximum Gasteiger partial charge on any atom is 0.266 e. The van der Waals surface area contributed by atoms with Gasteiger partial charge in [0.1, 0.15) is 11.6 Å². The van der Waals surface area contributed by atoms with Gasteiger partial charge in [-0.05, 0) is 55.7 Å². The summed E-state index contributed by atoms with van der Waals surface area (Å²) in [4.78, 5) is 34.4. The van der Waals surface area contributed by atoms with Crippen molar-refractivity contribution in [2.45, 2.75) is 77.7 Å². The molecule has 2 aromatic carbocycles. The third kappa shape index (κ3) is 7.44. The number of methoxy groups -OCH3 is 2. The van der Waals surface area contributed by atoms with Crippen LogP contribution in [0.4, 0.5) is 0 Å². The van der Waals surface area contributed by atoms with Crippen molar-refractivity contribution < 1.29 is 14.3 Å². The van der Waals surface area contributed by atoms with Crippen LogP contribution in [0.1, 0.15) is 83.5 Å². The van der Waals surface area contributed by atoms with E-state index in [1.165, 1.54) is 19.3 Å². The van der Waals surface area contributed by atoms with E-state index in [4.69, 9.17) is 14.5 Å². The molecule has 0 saturated heterocycles. The zero-order chi connectivity index (χ0) is 27.3. The summed E-state index contributed by atoms with van der Waals surface area (Å²) in [6.07, 6.45) is 8.60. The third-order valence-electron chi connectivity index (χ3n) is 7.01. The van der Waals surface area contributed by atoms with E-state index in [1.54, 1.807) is 24.9 Å². The summed E-state index contributed by atoms with van der Waals surface area (Å²) in [6, 6.07) is 14.4. The van der Waals surface area contributed by atoms with Gasteiger partial charge in [0.05, 0.1) is 29.7 Å². The maximum atomic E-state index is 13.8. The number of para-hydroxylation sites is 1. The summed E-state index contributed by atoms with van der Waals surface area (Å²) in [5.41, 5.74) is 1.19. The number of hydrogen-bond donors (Lipinski definition) is 0. The van der Waals surface area contributed by atoms with Crippen LogP contribution in [0.3, 0.4) is 0 Å². The van der Waals surface area contributed by atoms with Crippen LogP contribution in [0.2, 0.25) is 0 Å². The van der Waals surface area contributed by atoms with Gasteiger partial charge in [0.15, 0.2) is 0 Å². The largest absolute Gasteiger partial charge is 0.497 e. The molecule has 1 aromatic heterocycles. The minimum absolute atomic E-state index is 0.104. The highest BCUT2D eigenvalue weighted by Gasteiger charge is 2.28. The van der Waals surface area contributed by atoms with Crippen LogP contribution in [0.5, 0.6) is 5.75 Å². The SMILES string of the molecule is CCCCCCCCC(=O)N(CCCOC)C(CC)c1nc2ccccc2c(=O)n1-c1ccc(OC)cc1. The first-order valence-electron chi connectivity index (χ1n) is 14.0. The van der Waals surface area contributed by atoms with Gasteiger partial charge in [0, 0.05) is 26.7 Å². The summed E-state index contributed by atoms with van der Waals surface area (Å²) >= 11 is 0. The fourth-order valence-corrected chi connectivity index (χ4v) is 4.93. The van der Waals surface area contributed by atoms with Gasteiger partial charge >= 0.3 is 0 Å². The number of carbonyl (C=O) groups is 1. The fourth-order valence-electron chi connectivity index (χ4n) is 4.93. The minimum Gasteiger partial charge on any atom is -0.497 e. The Morgan fingerprint density at radius 1 is 0.947 bits per heavy atom. The fraction of sp³-hybridized carbons (Fsp3) is 0.516. The van der Waals surface area contributed by atoms with Crippen LogP contribution in [0.15, 0.2) is 53.3 Å². The topological polar surface area (TPSA) is 73.7 Å². The van der Waals surface area contributed by atoms with Crippen LogP contribution in [0.25, 0.3) is 16.6 Å². The molecule has 1 amide bonds. The zero-order valence-corrected chi connectivity index (χ0v) is 23.4. The molecule has 0 spiro atoms. The molecule has 1 unspecified atom stereocenters. The summed E-state index contributed by atoms with van der Waals surface area (Å²) in [5.74, 6) is 1.39. The second kappa shape index (κ2) is 15.3. The summed E-state index contributed by atoms with van der Waals surface area (Å²) in [5, 5.41) is 0.547. The van der Waals surface area contributed by atoms with E-state index in [0.717, 1.165) is 25.7 Å². The first-order valence-corrected chi connectivity index (χ1v) is 14.0. The maximum absolute atomic E-state index is 13.8. The Hall–Kier alpha value is -3.19. The lowest BCUT2D eigenvalue weighted by Crippen LogP contribution is -2.39. The highest BCUT2D eigenvalue weighted by Crippen LogP contribution is 2.28. The van der Waals surface area contributed by atoms with Gasteiger partial charge in [-0.15, -0.1) is 0 Å². The van der Waals surface area contributed by atoms with Crippen LogP contribution >= 0.6 is 0 Å². The molecule has 206 valence electrons. The lowest BCUT2D eigenvalue weighted by Gasteiger charge is -2.32. The molecule has 0 aliphatic rings. The van der Waals surface area contributed by atoms with E-state index in [1.807, 2.05) is 54.3 Å². The Balaban J connectivity index is 2.02. The Labute approximate surface area is 226 Å². The molecule has 3 aromatic rings. The van der Waals surface area contributed by atoms with Crippen molar-refractivity contribution in [3.63, 3.8) is 0 Å². The van der Waals surface area contributed by atoms with Crippen LogP contribution in [-0.4, -0.2) is 47.7 Å². The molecule has 3 rings (SSSR count). The van der Waals surface area contributed by atoms with E-state index in [0.29, 0.717) is 54.2 Å². The molecule has 0 aliphatic carbocycles. The molecule has 0 bridgehead atoms. The summed E-state index contributed by atoms with van der Waals surface area (Å²) < 4.78 is 12.3. The van der Waals surface area contributed by atoms with Gasteiger partial charge in [-0.1, -0.05) is 58.1 Å². The number of aromatic nitrogens is 2. The van der Waals surface area contributed by atoms with Crippen molar-refractivity contribution in [2.75, 3.05) is 27.4 Å². The molecule has 0 aliphatic heterocycles. The second-order valence-electron chi connectivity index (χ2n) is 9.70. The second-order valence-corrected chi connectivity index (χ2v) is 9.70. The number of ether oxygens (including phenoxy) is 2. The molecule has 38 heavy (non-hydrogen) atoms. The molecule has 7 nitrogen and oxygen atoms in total. The number of rotatable bonds is 16. The molecular weight excluding hydrogens is 478 g/mol. The number of hydrogen-bond acceptors (Lipinski definition) is 5. The van der Waals surface area contributed by atoms with Crippen LogP contribution in [-0.2, 0) is 9.53 Å². The predicted octanol–water partition coefficient (Wildman–Crippen LogP) is 6.46. The Morgan fingerprint density at radius 3 is 2.34 bits per heavy atom. The molecule has 1 heterocycles. The molecular formula is C31H43N3O4. The quantitative estimate of drug-likeness (QED) is 0.202. The number of benzene rings is 2. The molecule has 0 radical (unpaired) electrons. The average molecular weight is 522 g/mol. The number of carbonyl (C=O) groups excluding carboxylic acids is 1. The van der Waals surface area contributed by atoms with Crippen molar-refractivity contribution in [1.82, 2.24) is 14.5 Å². The lowest BCUT2D eigenvalue weighted by atomic mass is 10.1. The highest BCUT2D eigenvalue weighted by molar-refractivity contribution is 5.79. The van der Waals surface area contributed by atoms with E-state index in [-0.39, 0.29) is 17.5 Å². The smallest absolute Gasteiger partial charge is 0.266 e. The summed E-state index contributed by atoms with van der Waals surface area (Å²) in [7, 11) is 3.29. The number of fused-ring (bicyclic) bond motifs is 1. The van der Waals surface area contributed by atoms with Gasteiger partial charge in [-0.3, -0.25) is 14.2 Å². The van der Waals surface area contributed by atoms with Crippen molar-refractivity contribution in [2.24, 2.45) is 0 Å². The van der Waals surface area contributed by atoms with Crippen molar-refractivity contribution in [1.29, 1.82) is 0 Å². The van der Waals surface area contributed by atoms with E-state index < -0.39 is 0 Å². The van der Waals surface area contributed by atoms with Gasteiger partial charge < -0.3 is 14.4 Å². The van der Waals surface area contributed by atoms with Crippen molar-refractivity contribution in [3.05, 3.63) is 64.7 Å². The van der Waals surface area contributed by atoms with Gasteiger partial charge in [-0.25, -0.2) is 4.98 Å². The monoisotopic (exact) mass is 521 g/mol. The Kier molecular flexibility index (Phi) is 11.8. The minimum atomic E-state index is -0.348. The third-order valence-corrected chi connectivity index (χ3v) is 7.01. The van der Waals surface area contributed by atoms with Crippen LogP contribution < -0.4 is 10.3 Å². The van der Waals surface area contributed by atoms with Crippen LogP contribution in [0, 0.1) is 0 Å². The standard InChI is InChI=1S/C31H43N3O4/c1-5-7-8-9-10-11-17-29(35)33(22-14-23-37-3)28(6-2)30-32-27-16-13-12-15-26(27)31(36)34(30)24-18-20-25(38-4)21-19-24/h12-13,15-16,18-21,28H,5-11,14,17,22-23H2,1-4H3. The molecule has 0 saturated carbocycles. The first-order chi connectivity index (χ1) is 18.5. The number of amides is 1. The Bertz CT molecular complexity index is 1210. The van der Waals surface area contributed by atoms with Gasteiger partial charge in [0.2, 0.25) is 5.91 Å². The van der Waals surface area contributed by atoms with Crippen molar-refractivity contribution in [3.8, 4) is 11.4 Å². The molecule has 0 fully saturated rings. The number of nitrogens with zero attached hydrogens (tertiary/aromatic N) is 3. The lowest BCUT2D eigenvalue weighted by molar-refractivity contribution is -0.134. The van der Waals surface area contributed by atoms with Gasteiger partial charge in [-0.2, -0.15) is 0 Å². The molecule has 7 heteroatoms. The van der Waals surface area contributed by atoms with E-state index >= 15 is 0 Å². The predicted molar refractivity (Wildman–Crippen MR) is 153 cm³/mol. The van der Waals surface area contributed by atoms with Crippen molar-refractivity contribution >= 4 is 16.8 Å². The molecule has 1 atom stereocenters. The zero-order valence-electron chi connectivity index (χ0n) is 23.4. The highest BCUT2D eigenvalue weighted by atomic mass is 16.5. The van der Waals surface area contributed by atoms with E-state index in [2.05, 4.69) is 6.92 Å². The van der Waals surface area contributed by atoms with Gasteiger partial charge in [0.25, 0.3) is 5.56 Å². The molecule has 0 N–H and O–H groups in total. The normalized spacial score (nSPS) is 12.0. The number of unbranched alkanes of at least 4 members (excludes halogenated alkanes) is 5.